The van der Waals surface area contributed by atoms with Crippen molar-refractivity contribution in [1.29, 1.82) is 0 Å². The lowest BCUT2D eigenvalue weighted by Gasteiger charge is -2.18. The van der Waals surface area contributed by atoms with Gasteiger partial charge in [-0.05, 0) is 20.8 Å². The second-order valence-electron chi connectivity index (χ2n) is 3.29. The highest BCUT2D eigenvalue weighted by atomic mass is 32.2. The molecule has 0 saturated heterocycles. The van der Waals surface area contributed by atoms with E-state index in [2.05, 4.69) is 0 Å². The summed E-state index contributed by atoms with van der Waals surface area (Å²) in [5, 5.41) is 0. The van der Waals surface area contributed by atoms with E-state index in [0.29, 0.717) is 18.8 Å². The lowest BCUT2D eigenvalue weighted by Crippen LogP contribution is -2.36. The van der Waals surface area contributed by atoms with Crippen LogP contribution in [0.2, 0.25) is 0 Å². The molecule has 0 aromatic carbocycles. The fourth-order valence-corrected chi connectivity index (χ4v) is 2.32. The molecule has 0 fully saturated rings. The van der Waals surface area contributed by atoms with Gasteiger partial charge in [-0.2, -0.15) is 0 Å². The van der Waals surface area contributed by atoms with Crippen molar-refractivity contribution in [2.45, 2.75) is 26.8 Å². The summed E-state index contributed by atoms with van der Waals surface area (Å²) in [5.41, 5.74) is 5.49. The molecule has 2 atom stereocenters. The van der Waals surface area contributed by atoms with E-state index < -0.39 is 10.8 Å². The van der Waals surface area contributed by atoms with Crippen molar-refractivity contribution in [2.24, 2.45) is 5.73 Å². The third-order valence-electron chi connectivity index (χ3n) is 1.85. The standard InChI is InChI=1S/C9H20N2O2S/c1-4-11(5-2)9(12)7-14(13)6-8(3)10/h8H,4-7,10H2,1-3H3. The van der Waals surface area contributed by atoms with Gasteiger partial charge in [0.2, 0.25) is 5.91 Å². The fraction of sp³-hybridized carbons (Fsp3) is 0.889. The second kappa shape index (κ2) is 6.95. The first-order valence-corrected chi connectivity index (χ1v) is 6.38. The zero-order chi connectivity index (χ0) is 11.1. The molecule has 0 aromatic heterocycles. The number of amides is 1. The summed E-state index contributed by atoms with van der Waals surface area (Å²) in [7, 11) is -1.12. The minimum Gasteiger partial charge on any atom is -0.342 e. The SMILES string of the molecule is CCN(CC)C(=O)CS(=O)CC(C)N. The van der Waals surface area contributed by atoms with Gasteiger partial charge in [0.15, 0.2) is 0 Å². The number of nitrogens with two attached hydrogens (primary N) is 1. The minimum atomic E-state index is -1.12. The van der Waals surface area contributed by atoms with Gasteiger partial charge < -0.3 is 10.6 Å². The van der Waals surface area contributed by atoms with Gasteiger partial charge in [-0.1, -0.05) is 0 Å². The van der Waals surface area contributed by atoms with Crippen molar-refractivity contribution in [3.05, 3.63) is 0 Å². The van der Waals surface area contributed by atoms with Crippen molar-refractivity contribution >= 4 is 16.7 Å². The molecule has 2 unspecified atom stereocenters. The predicted octanol–water partition coefficient (Wildman–Crippen LogP) is -0.0493. The van der Waals surface area contributed by atoms with E-state index >= 15 is 0 Å². The Morgan fingerprint density at radius 2 is 1.93 bits per heavy atom. The van der Waals surface area contributed by atoms with Gasteiger partial charge in [0, 0.05) is 35.7 Å². The van der Waals surface area contributed by atoms with Crippen molar-refractivity contribution < 1.29 is 9.00 Å². The predicted molar refractivity (Wildman–Crippen MR) is 59.5 cm³/mol. The highest BCUT2D eigenvalue weighted by Crippen LogP contribution is 1.93. The van der Waals surface area contributed by atoms with E-state index in [1.54, 1.807) is 11.8 Å². The molecule has 4 nitrogen and oxygen atoms in total. The fourth-order valence-electron chi connectivity index (χ4n) is 1.16. The van der Waals surface area contributed by atoms with E-state index in [0.717, 1.165) is 0 Å². The molecule has 0 saturated carbocycles. The van der Waals surface area contributed by atoms with Crippen LogP contribution in [0.4, 0.5) is 0 Å². The minimum absolute atomic E-state index is 0.0472. The van der Waals surface area contributed by atoms with Gasteiger partial charge in [-0.15, -0.1) is 0 Å². The van der Waals surface area contributed by atoms with Gasteiger partial charge >= 0.3 is 0 Å². The van der Waals surface area contributed by atoms with Gasteiger partial charge in [0.05, 0.1) is 0 Å². The normalized spacial score (nSPS) is 14.9. The molecule has 0 aliphatic rings. The molecule has 0 aliphatic heterocycles. The summed E-state index contributed by atoms with van der Waals surface area (Å²) in [6.07, 6.45) is 0. The average Bonchev–Trinajstić information content (AvgIpc) is 2.04. The van der Waals surface area contributed by atoms with Crippen LogP contribution in [0.3, 0.4) is 0 Å². The van der Waals surface area contributed by atoms with Gasteiger partial charge in [0.1, 0.15) is 5.75 Å². The molecule has 0 spiro atoms. The molecule has 1 amide bonds. The zero-order valence-corrected chi connectivity index (χ0v) is 9.97. The van der Waals surface area contributed by atoms with E-state index in [1.165, 1.54) is 0 Å². The lowest BCUT2D eigenvalue weighted by molar-refractivity contribution is -0.128. The first-order valence-electron chi connectivity index (χ1n) is 4.89. The van der Waals surface area contributed by atoms with Gasteiger partial charge in [0.25, 0.3) is 0 Å². The molecule has 0 bridgehead atoms. The number of carbonyl (C=O) groups excluding carboxylic acids is 1. The maximum atomic E-state index is 11.5. The van der Waals surface area contributed by atoms with E-state index in [4.69, 9.17) is 5.73 Å². The molecule has 14 heavy (non-hydrogen) atoms. The van der Waals surface area contributed by atoms with Crippen LogP contribution >= 0.6 is 0 Å². The molecule has 0 aliphatic carbocycles. The molecule has 2 N–H and O–H groups in total. The van der Waals surface area contributed by atoms with Crippen molar-refractivity contribution in [1.82, 2.24) is 4.90 Å². The van der Waals surface area contributed by atoms with Crippen molar-refractivity contribution in [2.75, 3.05) is 24.6 Å². The molecule has 84 valence electrons. The first-order chi connectivity index (χ1) is 6.51. The quantitative estimate of drug-likeness (QED) is 0.682. The number of hydrogen-bond acceptors (Lipinski definition) is 3. The Hall–Kier alpha value is -0.420. The summed E-state index contributed by atoms with van der Waals surface area (Å²) in [6.45, 7) is 6.96. The summed E-state index contributed by atoms with van der Waals surface area (Å²) < 4.78 is 11.4. The maximum Gasteiger partial charge on any atom is 0.235 e. The van der Waals surface area contributed by atoms with E-state index in [-0.39, 0.29) is 17.7 Å². The highest BCUT2D eigenvalue weighted by molar-refractivity contribution is 7.85. The molecule has 0 radical (unpaired) electrons. The summed E-state index contributed by atoms with van der Waals surface area (Å²) in [4.78, 5) is 13.2. The number of nitrogens with zero attached hydrogens (tertiary/aromatic N) is 1. The van der Waals surface area contributed by atoms with Crippen LogP contribution in [-0.4, -0.2) is 45.7 Å². The summed E-state index contributed by atoms with van der Waals surface area (Å²) in [6, 6.07) is -0.111. The Morgan fingerprint density at radius 3 is 2.29 bits per heavy atom. The smallest absolute Gasteiger partial charge is 0.235 e. The van der Waals surface area contributed by atoms with E-state index in [1.807, 2.05) is 13.8 Å². The van der Waals surface area contributed by atoms with Crippen LogP contribution in [0.25, 0.3) is 0 Å². The van der Waals surface area contributed by atoms with Crippen LogP contribution < -0.4 is 5.73 Å². The van der Waals surface area contributed by atoms with Crippen LogP contribution in [0.5, 0.6) is 0 Å². The van der Waals surface area contributed by atoms with E-state index in [9.17, 15) is 9.00 Å². The Morgan fingerprint density at radius 1 is 1.43 bits per heavy atom. The van der Waals surface area contributed by atoms with Crippen LogP contribution in [0, 0.1) is 0 Å². The largest absolute Gasteiger partial charge is 0.342 e. The zero-order valence-electron chi connectivity index (χ0n) is 9.16. The van der Waals surface area contributed by atoms with Gasteiger partial charge in [-0.3, -0.25) is 9.00 Å². The van der Waals surface area contributed by atoms with Crippen LogP contribution in [-0.2, 0) is 15.6 Å². The Labute approximate surface area is 88.3 Å². The monoisotopic (exact) mass is 220 g/mol. The number of rotatable bonds is 6. The Balaban J connectivity index is 3.98. The molecule has 0 heterocycles. The topological polar surface area (TPSA) is 63.4 Å². The highest BCUT2D eigenvalue weighted by Gasteiger charge is 2.14. The molecular weight excluding hydrogens is 200 g/mol. The molecule has 0 aromatic rings. The average molecular weight is 220 g/mol. The first kappa shape index (κ1) is 13.6. The maximum absolute atomic E-state index is 11.5. The lowest BCUT2D eigenvalue weighted by atomic mass is 10.4. The molecule has 5 heteroatoms. The molecule has 0 rings (SSSR count). The van der Waals surface area contributed by atoms with Crippen LogP contribution in [0.1, 0.15) is 20.8 Å². The number of hydrogen-bond donors (Lipinski definition) is 1. The second-order valence-corrected chi connectivity index (χ2v) is 4.80. The third kappa shape index (κ3) is 5.34. The Bertz CT molecular complexity index is 203. The third-order valence-corrected chi connectivity index (χ3v) is 3.32. The number of carbonyl (C=O) groups is 1. The summed E-state index contributed by atoms with van der Waals surface area (Å²) >= 11 is 0. The molecular formula is C9H20N2O2S. The van der Waals surface area contributed by atoms with Crippen molar-refractivity contribution in [3.8, 4) is 0 Å². The van der Waals surface area contributed by atoms with Gasteiger partial charge in [-0.25, -0.2) is 0 Å². The van der Waals surface area contributed by atoms with Crippen molar-refractivity contribution in [3.63, 3.8) is 0 Å². The summed E-state index contributed by atoms with van der Waals surface area (Å²) in [5.74, 6) is 0.449. The Kier molecular flexibility index (Phi) is 6.74. The van der Waals surface area contributed by atoms with Crippen LogP contribution in [0.15, 0.2) is 0 Å².